The fourth-order valence-corrected chi connectivity index (χ4v) is 2.60. The molecule has 0 aliphatic carbocycles. The molecule has 1 amide bonds. The Bertz CT molecular complexity index is 928. The lowest BCUT2D eigenvalue weighted by Crippen LogP contribution is -2.26. The van der Waals surface area contributed by atoms with Gasteiger partial charge in [-0.1, -0.05) is 29.3 Å². The molecule has 0 atom stereocenters. The lowest BCUT2D eigenvalue weighted by atomic mass is 10.2. The Hall–Kier alpha value is -2.71. The molecule has 2 aromatic heterocycles. The Morgan fingerprint density at radius 2 is 1.96 bits per heavy atom. The van der Waals surface area contributed by atoms with E-state index in [1.807, 2.05) is 0 Å². The predicted molar refractivity (Wildman–Crippen MR) is 93.7 cm³/mol. The van der Waals surface area contributed by atoms with Crippen LogP contribution in [0, 0.1) is 6.92 Å². The highest BCUT2D eigenvalue weighted by Gasteiger charge is 2.17. The summed E-state index contributed by atoms with van der Waals surface area (Å²) >= 11 is 11.9. The normalized spacial score (nSPS) is 10.7. The van der Waals surface area contributed by atoms with E-state index in [9.17, 15) is 4.79 Å². The van der Waals surface area contributed by atoms with Crippen LogP contribution in [-0.2, 0) is 6.54 Å². The summed E-state index contributed by atoms with van der Waals surface area (Å²) in [4.78, 5) is 22.0. The summed E-state index contributed by atoms with van der Waals surface area (Å²) in [6.07, 6.45) is 3.02. The SMILES string of the molecule is Cc1nc(C(=O)NCc2ccc(Cl)cc2Cl)c(N)nc1-n1nccn1. The van der Waals surface area contributed by atoms with Gasteiger partial charge in [-0.05, 0) is 24.6 Å². The number of aryl methyl sites for hydroxylation is 1. The van der Waals surface area contributed by atoms with Crippen molar-refractivity contribution in [3.8, 4) is 5.82 Å². The van der Waals surface area contributed by atoms with Gasteiger partial charge < -0.3 is 11.1 Å². The van der Waals surface area contributed by atoms with Gasteiger partial charge in [0.05, 0.1) is 18.1 Å². The zero-order chi connectivity index (χ0) is 18.0. The summed E-state index contributed by atoms with van der Waals surface area (Å²) in [6, 6.07) is 5.03. The van der Waals surface area contributed by atoms with Crippen LogP contribution in [0.4, 0.5) is 5.82 Å². The predicted octanol–water partition coefficient (Wildman–Crippen LogP) is 2.18. The van der Waals surface area contributed by atoms with Gasteiger partial charge in [-0.2, -0.15) is 10.2 Å². The first kappa shape index (κ1) is 17.1. The number of hydrogen-bond acceptors (Lipinski definition) is 6. The number of nitrogens with two attached hydrogens (primary N) is 1. The molecule has 128 valence electrons. The van der Waals surface area contributed by atoms with Gasteiger partial charge >= 0.3 is 0 Å². The number of carbonyl (C=O) groups is 1. The maximum atomic E-state index is 12.4. The second kappa shape index (κ2) is 7.04. The highest BCUT2D eigenvalue weighted by atomic mass is 35.5. The Balaban J connectivity index is 1.79. The summed E-state index contributed by atoms with van der Waals surface area (Å²) in [5, 5.41) is 11.6. The third-order valence-corrected chi connectivity index (χ3v) is 3.94. The van der Waals surface area contributed by atoms with E-state index in [-0.39, 0.29) is 18.1 Å². The number of amides is 1. The van der Waals surface area contributed by atoms with Gasteiger partial charge in [-0.25, -0.2) is 9.97 Å². The lowest BCUT2D eigenvalue weighted by Gasteiger charge is -2.10. The minimum Gasteiger partial charge on any atom is -0.382 e. The number of halogens is 2. The molecule has 3 aromatic rings. The van der Waals surface area contributed by atoms with Crippen LogP contribution < -0.4 is 11.1 Å². The highest BCUT2D eigenvalue weighted by Crippen LogP contribution is 2.21. The van der Waals surface area contributed by atoms with E-state index in [1.54, 1.807) is 25.1 Å². The molecule has 3 rings (SSSR count). The molecule has 10 heteroatoms. The van der Waals surface area contributed by atoms with Crippen LogP contribution in [0.25, 0.3) is 5.82 Å². The third kappa shape index (κ3) is 3.70. The van der Waals surface area contributed by atoms with Crippen LogP contribution in [-0.4, -0.2) is 30.9 Å². The number of aromatic nitrogens is 5. The first-order valence-corrected chi connectivity index (χ1v) is 7.94. The van der Waals surface area contributed by atoms with Crippen molar-refractivity contribution in [1.29, 1.82) is 0 Å². The zero-order valence-electron chi connectivity index (χ0n) is 13.1. The quantitative estimate of drug-likeness (QED) is 0.720. The van der Waals surface area contributed by atoms with Crippen molar-refractivity contribution in [3.05, 3.63) is 57.6 Å². The summed E-state index contributed by atoms with van der Waals surface area (Å²) in [5.74, 6) is -0.114. The largest absolute Gasteiger partial charge is 0.382 e. The van der Waals surface area contributed by atoms with Gasteiger partial charge in [-0.3, -0.25) is 4.79 Å². The van der Waals surface area contributed by atoms with Crippen LogP contribution in [0.15, 0.2) is 30.6 Å². The second-order valence-corrected chi connectivity index (χ2v) is 5.95. The molecule has 3 N–H and O–H groups in total. The number of hydrogen-bond donors (Lipinski definition) is 2. The standard InChI is InChI=1S/C15H13Cl2N7O/c1-8-14(24-20-4-5-21-24)23-13(18)12(22-8)15(25)19-7-9-2-3-10(16)6-11(9)17/h2-6H,7H2,1H3,(H2,18,23)(H,19,25). The van der Waals surface area contributed by atoms with Crippen LogP contribution in [0.5, 0.6) is 0 Å². The molecule has 2 heterocycles. The van der Waals surface area contributed by atoms with Crippen molar-refractivity contribution in [2.24, 2.45) is 0 Å². The topological polar surface area (TPSA) is 112 Å². The third-order valence-electron chi connectivity index (χ3n) is 3.35. The molecule has 0 saturated heterocycles. The zero-order valence-corrected chi connectivity index (χ0v) is 14.6. The van der Waals surface area contributed by atoms with Crippen LogP contribution in [0.3, 0.4) is 0 Å². The lowest BCUT2D eigenvalue weighted by molar-refractivity contribution is 0.0946. The molecule has 0 spiro atoms. The van der Waals surface area contributed by atoms with E-state index in [0.29, 0.717) is 21.6 Å². The Morgan fingerprint density at radius 3 is 2.64 bits per heavy atom. The minimum atomic E-state index is -0.459. The first-order valence-electron chi connectivity index (χ1n) is 7.18. The van der Waals surface area contributed by atoms with Gasteiger partial charge in [0, 0.05) is 16.6 Å². The molecule has 0 saturated carbocycles. The number of carbonyl (C=O) groups excluding carboxylic acids is 1. The fraction of sp³-hybridized carbons (Fsp3) is 0.133. The number of nitrogen functional groups attached to an aromatic ring is 1. The number of nitrogens with one attached hydrogen (secondary N) is 1. The summed E-state index contributed by atoms with van der Waals surface area (Å²) in [7, 11) is 0. The number of nitrogens with zero attached hydrogens (tertiary/aromatic N) is 5. The molecule has 0 fully saturated rings. The summed E-state index contributed by atoms with van der Waals surface area (Å²) in [5.41, 5.74) is 7.09. The molecule has 0 unspecified atom stereocenters. The Morgan fingerprint density at radius 1 is 1.24 bits per heavy atom. The number of anilines is 1. The van der Waals surface area contributed by atoms with Crippen molar-refractivity contribution in [2.75, 3.05) is 5.73 Å². The average Bonchev–Trinajstić information content (AvgIpc) is 3.09. The van der Waals surface area contributed by atoms with Crippen LogP contribution >= 0.6 is 23.2 Å². The van der Waals surface area contributed by atoms with E-state index in [1.165, 1.54) is 17.2 Å². The maximum Gasteiger partial charge on any atom is 0.274 e. The van der Waals surface area contributed by atoms with E-state index >= 15 is 0 Å². The molecular weight excluding hydrogens is 365 g/mol. The van der Waals surface area contributed by atoms with Gasteiger partial charge in [0.2, 0.25) is 0 Å². The average molecular weight is 378 g/mol. The second-order valence-electron chi connectivity index (χ2n) is 5.10. The molecule has 8 nitrogen and oxygen atoms in total. The maximum absolute atomic E-state index is 12.4. The Labute approximate surface area is 153 Å². The number of benzene rings is 1. The molecule has 0 bridgehead atoms. The molecule has 0 aliphatic rings. The van der Waals surface area contributed by atoms with E-state index < -0.39 is 5.91 Å². The van der Waals surface area contributed by atoms with Crippen LogP contribution in [0.1, 0.15) is 21.7 Å². The first-order chi connectivity index (χ1) is 12.0. The van der Waals surface area contributed by atoms with Crippen molar-refractivity contribution in [2.45, 2.75) is 13.5 Å². The van der Waals surface area contributed by atoms with Gasteiger partial charge in [0.25, 0.3) is 5.91 Å². The fourth-order valence-electron chi connectivity index (χ4n) is 2.13. The summed E-state index contributed by atoms with van der Waals surface area (Å²) < 4.78 is 0. The molecule has 0 aliphatic heterocycles. The molecular formula is C15H13Cl2N7O. The van der Waals surface area contributed by atoms with Crippen molar-refractivity contribution < 1.29 is 4.79 Å². The van der Waals surface area contributed by atoms with Crippen molar-refractivity contribution >= 4 is 34.9 Å². The molecule has 1 aromatic carbocycles. The molecule has 25 heavy (non-hydrogen) atoms. The van der Waals surface area contributed by atoms with E-state index in [0.717, 1.165) is 5.56 Å². The molecule has 0 radical (unpaired) electrons. The Kier molecular flexibility index (Phi) is 4.82. The smallest absolute Gasteiger partial charge is 0.274 e. The van der Waals surface area contributed by atoms with E-state index in [4.69, 9.17) is 28.9 Å². The monoisotopic (exact) mass is 377 g/mol. The highest BCUT2D eigenvalue weighted by molar-refractivity contribution is 6.35. The van der Waals surface area contributed by atoms with Gasteiger partial charge in [0.1, 0.15) is 0 Å². The van der Waals surface area contributed by atoms with Crippen molar-refractivity contribution in [3.63, 3.8) is 0 Å². The van der Waals surface area contributed by atoms with Gasteiger partial charge in [0.15, 0.2) is 17.3 Å². The summed E-state index contributed by atoms with van der Waals surface area (Å²) in [6.45, 7) is 1.90. The number of rotatable bonds is 4. The van der Waals surface area contributed by atoms with Crippen LogP contribution in [0.2, 0.25) is 10.0 Å². The minimum absolute atomic E-state index is 0.0161. The van der Waals surface area contributed by atoms with Crippen molar-refractivity contribution in [1.82, 2.24) is 30.3 Å². The van der Waals surface area contributed by atoms with E-state index in [2.05, 4.69) is 25.5 Å². The van der Waals surface area contributed by atoms with Gasteiger partial charge in [-0.15, -0.1) is 4.80 Å².